The summed E-state index contributed by atoms with van der Waals surface area (Å²) >= 11 is 3.29. The van der Waals surface area contributed by atoms with E-state index in [2.05, 4.69) is 26.6 Å². The van der Waals surface area contributed by atoms with Gasteiger partial charge >= 0.3 is 0 Å². The molecule has 0 spiro atoms. The van der Waals surface area contributed by atoms with E-state index in [0.717, 1.165) is 17.3 Å². The minimum atomic E-state index is -0.267. The lowest BCUT2D eigenvalue weighted by atomic mass is 10.2. The summed E-state index contributed by atoms with van der Waals surface area (Å²) in [5.74, 6) is -0.319. The molecule has 1 rings (SSSR count). The fourth-order valence-corrected chi connectivity index (χ4v) is 2.17. The van der Waals surface area contributed by atoms with E-state index in [4.69, 9.17) is 0 Å². The number of carbonyl (C=O) groups is 1. The molecule has 0 fully saturated rings. The maximum absolute atomic E-state index is 13.5. The Morgan fingerprint density at radius 1 is 1.37 bits per heavy atom. The number of nitrogens with one attached hydrogen (secondary N) is 2. The monoisotopic (exact) mass is 330 g/mol. The lowest BCUT2D eigenvalue weighted by Crippen LogP contribution is -2.39. The molecule has 106 valence electrons. The number of rotatable bonds is 7. The first-order valence-corrected chi connectivity index (χ1v) is 7.30. The molecule has 0 atom stereocenters. The summed E-state index contributed by atoms with van der Waals surface area (Å²) in [6.07, 6.45) is 1.84. The summed E-state index contributed by atoms with van der Waals surface area (Å²) in [6, 6.07) is 4.99. The van der Waals surface area contributed by atoms with Gasteiger partial charge in [-0.3, -0.25) is 4.79 Å². The topological polar surface area (TPSA) is 41.1 Å². The summed E-state index contributed by atoms with van der Waals surface area (Å²) in [5, 5.41) is 5.87. The van der Waals surface area contributed by atoms with Gasteiger partial charge in [-0.05, 0) is 31.0 Å². The van der Waals surface area contributed by atoms with Gasteiger partial charge in [0.05, 0.1) is 6.54 Å². The molecule has 0 aromatic heterocycles. The number of hydrogen-bond acceptors (Lipinski definition) is 2. The third-order valence-electron chi connectivity index (χ3n) is 2.96. The molecule has 0 aliphatic rings. The second kappa shape index (κ2) is 8.27. The van der Waals surface area contributed by atoms with Crippen LogP contribution < -0.4 is 10.6 Å². The predicted molar refractivity (Wildman–Crippen MR) is 78.3 cm³/mol. The Morgan fingerprint density at radius 2 is 2.05 bits per heavy atom. The van der Waals surface area contributed by atoms with Crippen LogP contribution in [-0.4, -0.2) is 18.5 Å². The van der Waals surface area contributed by atoms with Crippen LogP contribution >= 0.6 is 15.9 Å². The van der Waals surface area contributed by atoms with Gasteiger partial charge in [-0.25, -0.2) is 4.39 Å². The summed E-state index contributed by atoms with van der Waals surface area (Å²) in [5.41, 5.74) is 0.546. The van der Waals surface area contributed by atoms with Crippen molar-refractivity contribution >= 4 is 21.8 Å². The molecule has 1 aromatic carbocycles. The highest BCUT2D eigenvalue weighted by Crippen LogP contribution is 2.15. The van der Waals surface area contributed by atoms with E-state index < -0.39 is 0 Å². The van der Waals surface area contributed by atoms with Crippen LogP contribution in [0, 0.1) is 5.82 Å². The van der Waals surface area contributed by atoms with Crippen LogP contribution in [0.4, 0.5) is 4.39 Å². The van der Waals surface area contributed by atoms with Gasteiger partial charge < -0.3 is 10.6 Å². The zero-order valence-electron chi connectivity index (χ0n) is 11.3. The molecule has 3 nitrogen and oxygen atoms in total. The first-order valence-electron chi connectivity index (χ1n) is 6.50. The summed E-state index contributed by atoms with van der Waals surface area (Å²) in [4.78, 5) is 11.6. The lowest BCUT2D eigenvalue weighted by molar-refractivity contribution is -0.121. The number of amides is 1. The van der Waals surface area contributed by atoms with Crippen molar-refractivity contribution in [2.45, 2.75) is 39.3 Å². The van der Waals surface area contributed by atoms with Gasteiger partial charge in [0.2, 0.25) is 5.91 Å². The van der Waals surface area contributed by atoms with Crippen molar-refractivity contribution in [1.29, 1.82) is 0 Å². The van der Waals surface area contributed by atoms with E-state index in [-0.39, 0.29) is 24.3 Å². The van der Waals surface area contributed by atoms with Crippen LogP contribution in [0.3, 0.4) is 0 Å². The Labute approximate surface area is 122 Å². The Morgan fingerprint density at radius 3 is 2.68 bits per heavy atom. The van der Waals surface area contributed by atoms with Crippen LogP contribution in [0.15, 0.2) is 22.7 Å². The minimum Gasteiger partial charge on any atom is -0.352 e. The van der Waals surface area contributed by atoms with E-state index >= 15 is 0 Å². The van der Waals surface area contributed by atoms with Crippen molar-refractivity contribution < 1.29 is 9.18 Å². The smallest absolute Gasteiger partial charge is 0.234 e. The van der Waals surface area contributed by atoms with Gasteiger partial charge in [-0.2, -0.15) is 0 Å². The maximum atomic E-state index is 13.5. The maximum Gasteiger partial charge on any atom is 0.234 e. The van der Waals surface area contributed by atoms with Crippen molar-refractivity contribution in [2.75, 3.05) is 6.54 Å². The second-order valence-corrected chi connectivity index (χ2v) is 5.34. The van der Waals surface area contributed by atoms with Crippen LogP contribution in [0.2, 0.25) is 0 Å². The molecule has 0 radical (unpaired) electrons. The van der Waals surface area contributed by atoms with Crippen LogP contribution in [-0.2, 0) is 11.3 Å². The predicted octanol–water partition coefficient (Wildman–Crippen LogP) is 2.98. The van der Waals surface area contributed by atoms with Crippen LogP contribution in [0.25, 0.3) is 0 Å². The Balaban J connectivity index is 2.37. The third-order valence-corrected chi connectivity index (χ3v) is 3.45. The second-order valence-electron chi connectivity index (χ2n) is 4.42. The number of carbonyl (C=O) groups excluding carboxylic acids is 1. The average molecular weight is 331 g/mol. The molecule has 5 heteroatoms. The van der Waals surface area contributed by atoms with Crippen LogP contribution in [0.1, 0.15) is 32.3 Å². The molecule has 0 unspecified atom stereocenters. The lowest BCUT2D eigenvalue weighted by Gasteiger charge is -2.15. The Bertz CT molecular complexity index is 422. The van der Waals surface area contributed by atoms with E-state index in [9.17, 15) is 9.18 Å². The normalized spacial score (nSPS) is 10.8. The summed E-state index contributed by atoms with van der Waals surface area (Å²) < 4.78 is 14.3. The van der Waals surface area contributed by atoms with Crippen molar-refractivity contribution in [2.24, 2.45) is 0 Å². The van der Waals surface area contributed by atoms with E-state index in [1.165, 1.54) is 6.07 Å². The molecule has 2 N–H and O–H groups in total. The number of halogens is 2. The molecule has 1 amide bonds. The third kappa shape index (κ3) is 5.70. The molecule has 0 saturated heterocycles. The highest BCUT2D eigenvalue weighted by molar-refractivity contribution is 9.10. The average Bonchev–Trinajstić information content (AvgIpc) is 2.40. The van der Waals surface area contributed by atoms with Crippen molar-refractivity contribution in [3.05, 3.63) is 34.1 Å². The summed E-state index contributed by atoms with van der Waals surface area (Å²) in [7, 11) is 0. The Kier molecular flexibility index (Phi) is 7.02. The van der Waals surface area contributed by atoms with E-state index in [0.29, 0.717) is 12.1 Å². The SMILES string of the molecule is CCC(CC)NC(=O)CNCc1cc(Br)ccc1F. The minimum absolute atomic E-state index is 0.0518. The molecular weight excluding hydrogens is 311 g/mol. The molecule has 0 aliphatic heterocycles. The molecule has 0 saturated carbocycles. The number of hydrogen-bond donors (Lipinski definition) is 2. The largest absolute Gasteiger partial charge is 0.352 e. The van der Waals surface area contributed by atoms with Gasteiger partial charge in [-0.1, -0.05) is 29.8 Å². The van der Waals surface area contributed by atoms with Gasteiger partial charge in [-0.15, -0.1) is 0 Å². The standard InChI is InChI=1S/C14H20BrFN2O/c1-3-12(4-2)18-14(19)9-17-8-10-7-11(15)5-6-13(10)16/h5-7,12,17H,3-4,8-9H2,1-2H3,(H,18,19). The first-order chi connectivity index (χ1) is 9.06. The zero-order valence-corrected chi connectivity index (χ0v) is 12.9. The fraction of sp³-hybridized carbons (Fsp3) is 0.500. The van der Waals surface area contributed by atoms with Crippen molar-refractivity contribution in [3.8, 4) is 0 Å². The number of benzene rings is 1. The molecule has 1 aromatic rings. The molecule has 0 bridgehead atoms. The molecule has 19 heavy (non-hydrogen) atoms. The van der Waals surface area contributed by atoms with Gasteiger partial charge in [0.1, 0.15) is 5.82 Å². The fourth-order valence-electron chi connectivity index (χ4n) is 1.76. The Hall–Kier alpha value is -0.940. The van der Waals surface area contributed by atoms with E-state index in [1.807, 2.05) is 13.8 Å². The summed E-state index contributed by atoms with van der Waals surface area (Å²) in [6.45, 7) is 4.61. The highest BCUT2D eigenvalue weighted by atomic mass is 79.9. The van der Waals surface area contributed by atoms with E-state index in [1.54, 1.807) is 12.1 Å². The van der Waals surface area contributed by atoms with Gasteiger partial charge in [0.15, 0.2) is 0 Å². The van der Waals surface area contributed by atoms with Gasteiger partial charge in [0.25, 0.3) is 0 Å². The zero-order chi connectivity index (χ0) is 14.3. The molecular formula is C14H20BrFN2O. The quantitative estimate of drug-likeness (QED) is 0.806. The van der Waals surface area contributed by atoms with Crippen molar-refractivity contribution in [3.63, 3.8) is 0 Å². The molecule has 0 heterocycles. The molecule has 0 aliphatic carbocycles. The van der Waals surface area contributed by atoms with Crippen molar-refractivity contribution in [1.82, 2.24) is 10.6 Å². The highest BCUT2D eigenvalue weighted by Gasteiger charge is 2.08. The van der Waals surface area contributed by atoms with Gasteiger partial charge in [0, 0.05) is 22.6 Å². The van der Waals surface area contributed by atoms with Crippen LogP contribution in [0.5, 0.6) is 0 Å². The first kappa shape index (κ1) is 16.1.